The number of morpholine rings is 1. The number of hydrogen-bond acceptors (Lipinski definition) is 3. The summed E-state index contributed by atoms with van der Waals surface area (Å²) in [6.07, 6.45) is 0.515. The highest BCUT2D eigenvalue weighted by Crippen LogP contribution is 2.20. The monoisotopic (exact) mass is 324 g/mol. The number of hydrogen-bond donors (Lipinski definition) is 2. The van der Waals surface area contributed by atoms with Crippen LogP contribution in [0.25, 0.3) is 0 Å². The summed E-state index contributed by atoms with van der Waals surface area (Å²) < 4.78 is 5.52. The Hall–Kier alpha value is -2.17. The van der Waals surface area contributed by atoms with E-state index in [0.29, 0.717) is 19.7 Å². The molecule has 0 saturated carbocycles. The van der Waals surface area contributed by atoms with E-state index in [1.165, 1.54) is 11.1 Å². The van der Waals surface area contributed by atoms with E-state index in [-0.39, 0.29) is 17.9 Å². The summed E-state index contributed by atoms with van der Waals surface area (Å²) in [5.41, 5.74) is 2.51. The van der Waals surface area contributed by atoms with Gasteiger partial charge >= 0.3 is 0 Å². The van der Waals surface area contributed by atoms with Crippen molar-refractivity contribution in [2.45, 2.75) is 18.4 Å². The number of carbonyl (C=O) groups excluding carboxylic acids is 1. The fourth-order valence-electron chi connectivity index (χ4n) is 3.00. The Morgan fingerprint density at radius 3 is 2.50 bits per heavy atom. The van der Waals surface area contributed by atoms with E-state index in [4.69, 9.17) is 4.74 Å². The highest BCUT2D eigenvalue weighted by Gasteiger charge is 2.22. The van der Waals surface area contributed by atoms with E-state index in [1.807, 2.05) is 24.3 Å². The van der Waals surface area contributed by atoms with Crippen LogP contribution in [0.2, 0.25) is 0 Å². The van der Waals surface area contributed by atoms with Crippen molar-refractivity contribution < 1.29 is 9.53 Å². The lowest BCUT2D eigenvalue weighted by Crippen LogP contribution is -2.48. The normalized spacial score (nSPS) is 18.8. The molecule has 2 N–H and O–H groups in total. The summed E-state index contributed by atoms with van der Waals surface area (Å²) >= 11 is 0. The Labute approximate surface area is 143 Å². The van der Waals surface area contributed by atoms with Gasteiger partial charge in [0, 0.05) is 25.6 Å². The predicted molar refractivity (Wildman–Crippen MR) is 94.9 cm³/mol. The maximum atomic E-state index is 12.3. The third-order valence-electron chi connectivity index (χ3n) is 4.34. The van der Waals surface area contributed by atoms with Gasteiger partial charge in [-0.2, -0.15) is 0 Å². The van der Waals surface area contributed by atoms with Gasteiger partial charge in [-0.3, -0.25) is 4.79 Å². The molecular formula is C20H24N2O2. The molecule has 4 heteroatoms. The SMILES string of the molecule is O=C(NCC(Cc1ccccc1)c1ccccc1)C1CNCCO1. The highest BCUT2D eigenvalue weighted by atomic mass is 16.5. The van der Waals surface area contributed by atoms with Gasteiger partial charge in [-0.25, -0.2) is 0 Å². The summed E-state index contributed by atoms with van der Waals surface area (Å²) in [4.78, 5) is 12.3. The molecule has 1 fully saturated rings. The molecule has 4 nitrogen and oxygen atoms in total. The maximum Gasteiger partial charge on any atom is 0.250 e. The first-order chi connectivity index (χ1) is 11.8. The second kappa shape index (κ2) is 8.62. The van der Waals surface area contributed by atoms with Crippen molar-refractivity contribution in [1.29, 1.82) is 0 Å². The number of benzene rings is 2. The molecule has 1 aliphatic heterocycles. The Morgan fingerprint density at radius 2 is 1.83 bits per heavy atom. The molecular weight excluding hydrogens is 300 g/mol. The lowest BCUT2D eigenvalue weighted by molar-refractivity contribution is -0.134. The van der Waals surface area contributed by atoms with Crippen molar-refractivity contribution in [3.8, 4) is 0 Å². The van der Waals surface area contributed by atoms with E-state index in [1.54, 1.807) is 0 Å². The van der Waals surface area contributed by atoms with Crippen molar-refractivity contribution in [3.05, 3.63) is 71.8 Å². The third-order valence-corrected chi connectivity index (χ3v) is 4.34. The number of ether oxygens (including phenoxy) is 1. The van der Waals surface area contributed by atoms with Crippen molar-refractivity contribution in [2.75, 3.05) is 26.2 Å². The van der Waals surface area contributed by atoms with Crippen molar-refractivity contribution in [3.63, 3.8) is 0 Å². The molecule has 0 radical (unpaired) electrons. The number of rotatable bonds is 6. The summed E-state index contributed by atoms with van der Waals surface area (Å²) in [6.45, 7) is 2.59. The van der Waals surface area contributed by atoms with Gasteiger partial charge in [0.15, 0.2) is 0 Å². The van der Waals surface area contributed by atoms with Crippen LogP contribution in [-0.4, -0.2) is 38.3 Å². The minimum atomic E-state index is -0.383. The molecule has 0 bridgehead atoms. The second-order valence-electron chi connectivity index (χ2n) is 6.11. The fraction of sp³-hybridized carbons (Fsp3) is 0.350. The number of amides is 1. The molecule has 1 aliphatic rings. The zero-order chi connectivity index (χ0) is 16.6. The summed E-state index contributed by atoms with van der Waals surface area (Å²) in [6, 6.07) is 20.7. The lowest BCUT2D eigenvalue weighted by Gasteiger charge is -2.24. The number of carbonyl (C=O) groups is 1. The van der Waals surface area contributed by atoms with Crippen LogP contribution in [0.3, 0.4) is 0 Å². The Morgan fingerprint density at radius 1 is 1.12 bits per heavy atom. The first-order valence-electron chi connectivity index (χ1n) is 8.52. The van der Waals surface area contributed by atoms with Gasteiger partial charge in [0.1, 0.15) is 6.10 Å². The summed E-state index contributed by atoms with van der Waals surface area (Å²) in [7, 11) is 0. The zero-order valence-corrected chi connectivity index (χ0v) is 13.8. The first-order valence-corrected chi connectivity index (χ1v) is 8.52. The molecule has 0 spiro atoms. The van der Waals surface area contributed by atoms with Crippen molar-refractivity contribution in [1.82, 2.24) is 10.6 Å². The topological polar surface area (TPSA) is 50.4 Å². The minimum absolute atomic E-state index is 0.0313. The van der Waals surface area contributed by atoms with Gasteiger partial charge in [-0.15, -0.1) is 0 Å². The Kier molecular flexibility index (Phi) is 5.99. The third kappa shape index (κ3) is 4.66. The first kappa shape index (κ1) is 16.7. The van der Waals surface area contributed by atoms with E-state index in [9.17, 15) is 4.79 Å². The predicted octanol–water partition coefficient (Wildman–Crippen LogP) is 2.12. The largest absolute Gasteiger partial charge is 0.366 e. The van der Waals surface area contributed by atoms with Gasteiger partial charge in [0.05, 0.1) is 6.61 Å². The van der Waals surface area contributed by atoms with Gasteiger partial charge in [0.2, 0.25) is 5.91 Å². The molecule has 1 amide bonds. The molecule has 3 rings (SSSR count). The van der Waals surface area contributed by atoms with Gasteiger partial charge < -0.3 is 15.4 Å². The van der Waals surface area contributed by atoms with Crippen LogP contribution in [-0.2, 0) is 16.0 Å². The van der Waals surface area contributed by atoms with E-state index < -0.39 is 0 Å². The average Bonchev–Trinajstić information content (AvgIpc) is 2.67. The van der Waals surface area contributed by atoms with E-state index in [0.717, 1.165) is 13.0 Å². The Bertz CT molecular complexity index is 625. The van der Waals surface area contributed by atoms with Crippen LogP contribution in [0.15, 0.2) is 60.7 Å². The molecule has 1 saturated heterocycles. The van der Waals surface area contributed by atoms with Crippen LogP contribution >= 0.6 is 0 Å². The van der Waals surface area contributed by atoms with Crippen LogP contribution in [0.5, 0.6) is 0 Å². The molecule has 2 atom stereocenters. The molecule has 0 aromatic heterocycles. The molecule has 24 heavy (non-hydrogen) atoms. The molecule has 2 aromatic rings. The minimum Gasteiger partial charge on any atom is -0.366 e. The van der Waals surface area contributed by atoms with E-state index in [2.05, 4.69) is 47.0 Å². The summed E-state index contributed by atoms with van der Waals surface area (Å²) in [5, 5.41) is 6.26. The van der Waals surface area contributed by atoms with Crippen LogP contribution in [0.1, 0.15) is 17.0 Å². The van der Waals surface area contributed by atoms with Crippen molar-refractivity contribution in [2.24, 2.45) is 0 Å². The molecule has 2 unspecified atom stereocenters. The number of nitrogens with one attached hydrogen (secondary N) is 2. The average molecular weight is 324 g/mol. The quantitative estimate of drug-likeness (QED) is 0.856. The zero-order valence-electron chi connectivity index (χ0n) is 13.8. The smallest absolute Gasteiger partial charge is 0.250 e. The van der Waals surface area contributed by atoms with Gasteiger partial charge in [-0.1, -0.05) is 60.7 Å². The fourth-order valence-corrected chi connectivity index (χ4v) is 3.00. The maximum absolute atomic E-state index is 12.3. The molecule has 126 valence electrons. The van der Waals surface area contributed by atoms with Crippen LogP contribution < -0.4 is 10.6 Å². The second-order valence-corrected chi connectivity index (χ2v) is 6.11. The molecule has 2 aromatic carbocycles. The van der Waals surface area contributed by atoms with E-state index >= 15 is 0 Å². The highest BCUT2D eigenvalue weighted by molar-refractivity contribution is 5.81. The Balaban J connectivity index is 1.64. The van der Waals surface area contributed by atoms with Gasteiger partial charge in [0.25, 0.3) is 0 Å². The van der Waals surface area contributed by atoms with Crippen LogP contribution in [0, 0.1) is 0 Å². The van der Waals surface area contributed by atoms with Crippen molar-refractivity contribution >= 4 is 5.91 Å². The van der Waals surface area contributed by atoms with Crippen LogP contribution in [0.4, 0.5) is 0 Å². The molecule has 1 heterocycles. The molecule has 0 aliphatic carbocycles. The van der Waals surface area contributed by atoms with Gasteiger partial charge in [-0.05, 0) is 17.5 Å². The lowest BCUT2D eigenvalue weighted by atomic mass is 9.92. The standard InChI is InChI=1S/C20H24N2O2/c23-20(19-15-21-11-12-24-19)22-14-18(17-9-5-2-6-10-17)13-16-7-3-1-4-8-16/h1-10,18-19,21H,11-15H2,(H,22,23). The summed E-state index contributed by atoms with van der Waals surface area (Å²) in [5.74, 6) is 0.213.